The number of hydroxylamine groups is 2. The molecule has 3 rings (SSSR count). The molecule has 0 aromatic carbocycles. The lowest BCUT2D eigenvalue weighted by Gasteiger charge is -2.12. The normalized spacial score (nSPS) is 22.1. The molecule has 3 aliphatic rings. The summed E-state index contributed by atoms with van der Waals surface area (Å²) in [4.78, 5) is 50.9. The van der Waals surface area contributed by atoms with E-state index >= 15 is 0 Å². The Labute approximate surface area is 222 Å². The third-order valence-electron chi connectivity index (χ3n) is 6.53. The van der Waals surface area contributed by atoms with Crippen molar-refractivity contribution in [3.05, 3.63) is 0 Å². The molecular formula is C26H38N2O10. The topological polar surface area (TPSA) is 139 Å². The third-order valence-corrected chi connectivity index (χ3v) is 6.53. The molecule has 2 fully saturated rings. The molecule has 0 spiro atoms. The van der Waals surface area contributed by atoms with Gasteiger partial charge >= 0.3 is 12.1 Å². The van der Waals surface area contributed by atoms with Crippen LogP contribution in [0, 0.1) is 29.6 Å². The fourth-order valence-electron chi connectivity index (χ4n) is 4.45. The zero-order valence-electron chi connectivity index (χ0n) is 21.8. The van der Waals surface area contributed by atoms with E-state index in [1.165, 1.54) is 0 Å². The van der Waals surface area contributed by atoms with E-state index in [-0.39, 0.29) is 32.5 Å². The van der Waals surface area contributed by atoms with Crippen LogP contribution in [0.25, 0.3) is 0 Å². The van der Waals surface area contributed by atoms with Gasteiger partial charge in [-0.25, -0.2) is 9.59 Å². The van der Waals surface area contributed by atoms with Crippen LogP contribution in [-0.2, 0) is 42.9 Å². The number of amides is 3. The molecular weight excluding hydrogens is 500 g/mol. The average Bonchev–Trinajstić information content (AvgIpc) is 3.44. The van der Waals surface area contributed by atoms with Crippen molar-refractivity contribution in [3.63, 3.8) is 0 Å². The van der Waals surface area contributed by atoms with E-state index in [1.54, 1.807) is 0 Å². The van der Waals surface area contributed by atoms with Crippen molar-refractivity contribution >= 4 is 23.9 Å². The summed E-state index contributed by atoms with van der Waals surface area (Å²) in [6, 6.07) is 0. The molecule has 0 bridgehead atoms. The highest BCUT2D eigenvalue weighted by Gasteiger charge is 2.49. The first-order valence-electron chi connectivity index (χ1n) is 13.3. The molecule has 12 heteroatoms. The van der Waals surface area contributed by atoms with Crippen molar-refractivity contribution in [2.75, 3.05) is 66.0 Å². The molecule has 212 valence electrons. The Morgan fingerprint density at radius 1 is 0.789 bits per heavy atom. The Hall–Kier alpha value is -2.72. The van der Waals surface area contributed by atoms with Crippen molar-refractivity contribution in [3.8, 4) is 11.8 Å². The molecule has 0 aromatic heterocycles. The highest BCUT2D eigenvalue weighted by atomic mass is 16.7. The van der Waals surface area contributed by atoms with Crippen LogP contribution in [0.4, 0.5) is 4.79 Å². The Morgan fingerprint density at radius 3 is 1.89 bits per heavy atom. The molecule has 2 aliphatic carbocycles. The summed E-state index contributed by atoms with van der Waals surface area (Å²) >= 11 is 0. The van der Waals surface area contributed by atoms with E-state index in [9.17, 15) is 19.2 Å². The summed E-state index contributed by atoms with van der Waals surface area (Å²) in [5.41, 5.74) is 0. The number of fused-ring (bicyclic) bond motifs is 1. The highest BCUT2D eigenvalue weighted by molar-refractivity contribution is 6.01. The molecule has 1 aliphatic heterocycles. The molecule has 3 atom stereocenters. The van der Waals surface area contributed by atoms with E-state index in [1.807, 2.05) is 0 Å². The number of nitrogens with one attached hydrogen (secondary N) is 1. The molecule has 1 N–H and O–H groups in total. The lowest BCUT2D eigenvalue weighted by atomic mass is 10.1. The van der Waals surface area contributed by atoms with Crippen molar-refractivity contribution in [2.24, 2.45) is 17.8 Å². The molecule has 1 saturated heterocycles. The van der Waals surface area contributed by atoms with Crippen LogP contribution < -0.4 is 5.32 Å². The average molecular weight is 539 g/mol. The van der Waals surface area contributed by atoms with E-state index in [4.69, 9.17) is 28.5 Å². The summed E-state index contributed by atoms with van der Waals surface area (Å²) in [6.07, 6.45) is 3.76. The number of hydrogen-bond donors (Lipinski definition) is 1. The maximum Gasteiger partial charge on any atom is 0.407 e. The number of ether oxygens (including phenoxy) is 5. The Kier molecular flexibility index (Phi) is 13.3. The van der Waals surface area contributed by atoms with Gasteiger partial charge in [0.05, 0.1) is 65.9 Å². The van der Waals surface area contributed by atoms with E-state index < -0.39 is 23.9 Å². The maximum absolute atomic E-state index is 11.8. The molecule has 0 radical (unpaired) electrons. The molecule has 0 aromatic rings. The summed E-state index contributed by atoms with van der Waals surface area (Å²) in [7, 11) is 0. The predicted molar refractivity (Wildman–Crippen MR) is 131 cm³/mol. The van der Waals surface area contributed by atoms with E-state index in [0.717, 1.165) is 25.7 Å². The second-order valence-electron chi connectivity index (χ2n) is 9.19. The highest BCUT2D eigenvalue weighted by Crippen LogP contribution is 2.52. The largest absolute Gasteiger partial charge is 0.449 e. The summed E-state index contributed by atoms with van der Waals surface area (Å²) in [6.45, 7) is 3.51. The van der Waals surface area contributed by atoms with Crippen LogP contribution in [0.5, 0.6) is 0 Å². The van der Waals surface area contributed by atoms with Crippen molar-refractivity contribution in [1.29, 1.82) is 0 Å². The molecule has 38 heavy (non-hydrogen) atoms. The van der Waals surface area contributed by atoms with Crippen molar-refractivity contribution in [1.82, 2.24) is 10.4 Å². The summed E-state index contributed by atoms with van der Waals surface area (Å²) in [5, 5.41) is 3.22. The van der Waals surface area contributed by atoms with Crippen molar-refractivity contribution < 1.29 is 47.7 Å². The third kappa shape index (κ3) is 10.9. The van der Waals surface area contributed by atoms with Gasteiger partial charge in [-0.1, -0.05) is 0 Å². The first-order valence-corrected chi connectivity index (χ1v) is 13.3. The second kappa shape index (κ2) is 17.0. The van der Waals surface area contributed by atoms with Gasteiger partial charge in [0.2, 0.25) is 0 Å². The zero-order chi connectivity index (χ0) is 27.0. The SMILES string of the molecule is O=C(CCOCCOCCOCCOCCNC(=O)OC[C@@H]1[C@@H]2CCC#CCC[C@@H]21)ON1C(=O)CCC1=O. The standard InChI is InChI=1S/C26H38N2O10/c29-23-7-8-24(30)28(23)38-25(31)9-11-33-13-15-35-17-18-36-16-14-34-12-10-27-26(32)37-19-22-20-5-3-1-2-4-6-21(20)22/h20-22H,3-19H2,(H,27,32)/t20-,21+,22-. The number of carbonyl (C=O) groups excluding carboxylic acids is 4. The summed E-state index contributed by atoms with van der Waals surface area (Å²) < 4.78 is 26.8. The number of rotatable bonds is 18. The Bertz CT molecular complexity index is 821. The van der Waals surface area contributed by atoms with Crippen LogP contribution in [0.3, 0.4) is 0 Å². The van der Waals surface area contributed by atoms with Crippen LogP contribution in [-0.4, -0.2) is 94.9 Å². The van der Waals surface area contributed by atoms with Gasteiger partial charge in [-0.3, -0.25) is 9.59 Å². The van der Waals surface area contributed by atoms with Crippen LogP contribution >= 0.6 is 0 Å². The molecule has 0 unspecified atom stereocenters. The van der Waals surface area contributed by atoms with Gasteiger partial charge in [0, 0.05) is 32.2 Å². The van der Waals surface area contributed by atoms with Crippen molar-refractivity contribution in [2.45, 2.75) is 44.9 Å². The smallest absolute Gasteiger partial charge is 0.407 e. The fourth-order valence-corrected chi connectivity index (χ4v) is 4.45. The number of alkyl carbamates (subject to hydrolysis) is 1. The van der Waals surface area contributed by atoms with Gasteiger partial charge in [-0.2, -0.15) is 0 Å². The van der Waals surface area contributed by atoms with Gasteiger partial charge in [-0.15, -0.1) is 16.9 Å². The lowest BCUT2D eigenvalue weighted by molar-refractivity contribution is -0.198. The minimum absolute atomic E-state index is 0.0599. The minimum atomic E-state index is -0.700. The Balaban J connectivity index is 1.01. The minimum Gasteiger partial charge on any atom is -0.449 e. The van der Waals surface area contributed by atoms with E-state index in [0.29, 0.717) is 75.6 Å². The molecule has 1 saturated carbocycles. The number of imide groups is 1. The first-order chi connectivity index (χ1) is 18.6. The van der Waals surface area contributed by atoms with Crippen LogP contribution in [0.2, 0.25) is 0 Å². The molecule has 1 heterocycles. The monoisotopic (exact) mass is 538 g/mol. The fraction of sp³-hybridized carbons (Fsp3) is 0.769. The molecule has 3 amide bonds. The van der Waals surface area contributed by atoms with Crippen LogP contribution in [0.15, 0.2) is 0 Å². The van der Waals surface area contributed by atoms with E-state index in [2.05, 4.69) is 17.2 Å². The van der Waals surface area contributed by atoms with Gasteiger partial charge < -0.3 is 33.8 Å². The molecule has 12 nitrogen and oxygen atoms in total. The number of nitrogens with zero attached hydrogens (tertiary/aromatic N) is 1. The van der Waals surface area contributed by atoms with Gasteiger partial charge in [0.15, 0.2) is 0 Å². The summed E-state index contributed by atoms with van der Waals surface area (Å²) in [5.74, 6) is 6.44. The van der Waals surface area contributed by atoms with Crippen LogP contribution in [0.1, 0.15) is 44.9 Å². The Morgan fingerprint density at radius 2 is 1.32 bits per heavy atom. The zero-order valence-corrected chi connectivity index (χ0v) is 21.8. The van der Waals surface area contributed by atoms with Gasteiger partial charge in [-0.05, 0) is 30.6 Å². The maximum atomic E-state index is 11.8. The van der Waals surface area contributed by atoms with Gasteiger partial charge in [0.25, 0.3) is 11.8 Å². The van der Waals surface area contributed by atoms with Gasteiger partial charge in [0.1, 0.15) is 0 Å². The predicted octanol–water partition coefficient (Wildman–Crippen LogP) is 1.22. The quantitative estimate of drug-likeness (QED) is 0.154. The number of hydrogen-bond acceptors (Lipinski definition) is 10. The first kappa shape index (κ1) is 29.8. The number of carbonyl (C=O) groups is 4. The second-order valence-corrected chi connectivity index (χ2v) is 9.19. The lowest BCUT2D eigenvalue weighted by Crippen LogP contribution is -2.32.